The van der Waals surface area contributed by atoms with Crippen molar-refractivity contribution in [2.75, 3.05) is 44.9 Å². The molecular weight excluding hydrogens is 214 g/mol. The SMILES string of the molecule is CCCc1c(NC)ncnc1NCCN(C)C. The molecule has 96 valence electrons. The zero-order valence-corrected chi connectivity index (χ0v) is 11.2. The smallest absolute Gasteiger partial charge is 0.134 e. The van der Waals surface area contributed by atoms with Crippen LogP contribution in [-0.4, -0.2) is 49.1 Å². The first kappa shape index (κ1) is 13.7. The Morgan fingerprint density at radius 3 is 2.53 bits per heavy atom. The Morgan fingerprint density at radius 1 is 1.24 bits per heavy atom. The van der Waals surface area contributed by atoms with Crippen LogP contribution in [0.25, 0.3) is 0 Å². The van der Waals surface area contributed by atoms with E-state index in [-0.39, 0.29) is 0 Å². The molecule has 5 heteroatoms. The van der Waals surface area contributed by atoms with E-state index in [1.807, 2.05) is 7.05 Å². The minimum atomic E-state index is 0.893. The third-order valence-electron chi connectivity index (χ3n) is 2.53. The third kappa shape index (κ3) is 4.19. The van der Waals surface area contributed by atoms with Gasteiger partial charge in [0, 0.05) is 25.7 Å². The molecule has 0 saturated heterocycles. The van der Waals surface area contributed by atoms with Gasteiger partial charge in [-0.05, 0) is 20.5 Å². The molecule has 5 nitrogen and oxygen atoms in total. The lowest BCUT2D eigenvalue weighted by Gasteiger charge is -2.15. The van der Waals surface area contributed by atoms with Crippen LogP contribution in [0.1, 0.15) is 18.9 Å². The molecule has 1 heterocycles. The number of hydrogen-bond donors (Lipinski definition) is 2. The molecular formula is C12H23N5. The maximum Gasteiger partial charge on any atom is 0.134 e. The van der Waals surface area contributed by atoms with Crippen molar-refractivity contribution in [1.29, 1.82) is 0 Å². The monoisotopic (exact) mass is 237 g/mol. The maximum absolute atomic E-state index is 4.32. The highest BCUT2D eigenvalue weighted by Crippen LogP contribution is 2.20. The van der Waals surface area contributed by atoms with Gasteiger partial charge in [-0.3, -0.25) is 0 Å². The second-order valence-electron chi connectivity index (χ2n) is 4.28. The van der Waals surface area contributed by atoms with Crippen molar-refractivity contribution in [3.8, 4) is 0 Å². The van der Waals surface area contributed by atoms with Crippen molar-refractivity contribution < 1.29 is 0 Å². The Kier molecular flexibility index (Phi) is 5.69. The van der Waals surface area contributed by atoms with Gasteiger partial charge < -0.3 is 15.5 Å². The summed E-state index contributed by atoms with van der Waals surface area (Å²) in [5.41, 5.74) is 1.18. The van der Waals surface area contributed by atoms with E-state index in [0.29, 0.717) is 0 Å². The van der Waals surface area contributed by atoms with E-state index in [1.165, 1.54) is 5.56 Å². The van der Waals surface area contributed by atoms with Gasteiger partial charge in [-0.1, -0.05) is 13.3 Å². The lowest BCUT2D eigenvalue weighted by molar-refractivity contribution is 0.425. The lowest BCUT2D eigenvalue weighted by Crippen LogP contribution is -2.22. The van der Waals surface area contributed by atoms with Crippen LogP contribution in [0.3, 0.4) is 0 Å². The quantitative estimate of drug-likeness (QED) is 0.751. The van der Waals surface area contributed by atoms with E-state index >= 15 is 0 Å². The van der Waals surface area contributed by atoms with Crippen LogP contribution in [0, 0.1) is 0 Å². The third-order valence-corrected chi connectivity index (χ3v) is 2.53. The Morgan fingerprint density at radius 2 is 1.94 bits per heavy atom. The molecule has 0 radical (unpaired) electrons. The number of nitrogens with zero attached hydrogens (tertiary/aromatic N) is 3. The maximum atomic E-state index is 4.32. The van der Waals surface area contributed by atoms with E-state index in [2.05, 4.69) is 46.5 Å². The molecule has 17 heavy (non-hydrogen) atoms. The first-order valence-corrected chi connectivity index (χ1v) is 6.09. The largest absolute Gasteiger partial charge is 0.373 e. The van der Waals surface area contributed by atoms with Crippen molar-refractivity contribution in [3.63, 3.8) is 0 Å². The zero-order valence-electron chi connectivity index (χ0n) is 11.2. The van der Waals surface area contributed by atoms with Gasteiger partial charge in [0.1, 0.15) is 18.0 Å². The molecule has 1 aromatic rings. The van der Waals surface area contributed by atoms with Crippen molar-refractivity contribution in [3.05, 3.63) is 11.9 Å². The van der Waals surface area contributed by atoms with Gasteiger partial charge in [0.05, 0.1) is 0 Å². The molecule has 0 amide bonds. The molecule has 1 aromatic heterocycles. The molecule has 2 N–H and O–H groups in total. The topological polar surface area (TPSA) is 53.1 Å². The standard InChI is InChI=1S/C12H23N5/c1-5-6-10-11(13-2)15-9-16-12(10)14-7-8-17(3)4/h9H,5-8H2,1-4H3,(H2,13,14,15,16). The predicted molar refractivity (Wildman–Crippen MR) is 72.6 cm³/mol. The molecule has 0 aliphatic rings. The summed E-state index contributed by atoms with van der Waals surface area (Å²) in [6.45, 7) is 4.05. The average Bonchev–Trinajstić information content (AvgIpc) is 2.30. The van der Waals surface area contributed by atoms with Crippen LogP contribution >= 0.6 is 0 Å². The zero-order chi connectivity index (χ0) is 12.7. The van der Waals surface area contributed by atoms with Crippen molar-refractivity contribution in [2.45, 2.75) is 19.8 Å². The second-order valence-corrected chi connectivity index (χ2v) is 4.28. The Bertz CT molecular complexity index is 338. The minimum Gasteiger partial charge on any atom is -0.373 e. The van der Waals surface area contributed by atoms with Crippen molar-refractivity contribution in [1.82, 2.24) is 14.9 Å². The van der Waals surface area contributed by atoms with Crippen LogP contribution in [0.4, 0.5) is 11.6 Å². The number of aromatic nitrogens is 2. The first-order valence-electron chi connectivity index (χ1n) is 6.09. The van der Waals surface area contributed by atoms with Gasteiger partial charge in [0.2, 0.25) is 0 Å². The fourth-order valence-corrected chi connectivity index (χ4v) is 1.66. The number of hydrogen-bond acceptors (Lipinski definition) is 5. The van der Waals surface area contributed by atoms with Crippen molar-refractivity contribution in [2.24, 2.45) is 0 Å². The highest BCUT2D eigenvalue weighted by molar-refractivity contribution is 5.57. The van der Waals surface area contributed by atoms with E-state index in [0.717, 1.165) is 37.6 Å². The summed E-state index contributed by atoms with van der Waals surface area (Å²) < 4.78 is 0. The first-order chi connectivity index (χ1) is 8.19. The Hall–Kier alpha value is -1.36. The summed E-state index contributed by atoms with van der Waals surface area (Å²) in [7, 11) is 6.02. The molecule has 0 aromatic carbocycles. The van der Waals surface area contributed by atoms with Gasteiger partial charge in [-0.2, -0.15) is 0 Å². The molecule has 0 saturated carbocycles. The van der Waals surface area contributed by atoms with E-state index in [1.54, 1.807) is 6.33 Å². The molecule has 0 fully saturated rings. The van der Waals surface area contributed by atoms with E-state index in [4.69, 9.17) is 0 Å². The van der Waals surface area contributed by atoms with Gasteiger partial charge in [-0.25, -0.2) is 9.97 Å². The number of anilines is 2. The van der Waals surface area contributed by atoms with Crippen LogP contribution in [0.2, 0.25) is 0 Å². The molecule has 0 aliphatic heterocycles. The van der Waals surface area contributed by atoms with Gasteiger partial charge in [-0.15, -0.1) is 0 Å². The summed E-state index contributed by atoms with van der Waals surface area (Å²) in [5, 5.41) is 6.49. The summed E-state index contributed by atoms with van der Waals surface area (Å²) in [6.07, 6.45) is 3.68. The molecule has 0 spiro atoms. The summed E-state index contributed by atoms with van der Waals surface area (Å²) in [6, 6.07) is 0. The van der Waals surface area contributed by atoms with Crippen LogP contribution in [-0.2, 0) is 6.42 Å². The fraction of sp³-hybridized carbons (Fsp3) is 0.667. The van der Waals surface area contributed by atoms with Gasteiger partial charge in [0.25, 0.3) is 0 Å². The molecule has 0 aliphatic carbocycles. The number of nitrogens with one attached hydrogen (secondary N) is 2. The lowest BCUT2D eigenvalue weighted by atomic mass is 10.1. The highest BCUT2D eigenvalue weighted by Gasteiger charge is 2.08. The van der Waals surface area contributed by atoms with Crippen molar-refractivity contribution >= 4 is 11.6 Å². The average molecular weight is 237 g/mol. The van der Waals surface area contributed by atoms with Crippen LogP contribution in [0.5, 0.6) is 0 Å². The minimum absolute atomic E-state index is 0.893. The molecule has 0 atom stereocenters. The van der Waals surface area contributed by atoms with Crippen LogP contribution < -0.4 is 10.6 Å². The molecule has 0 bridgehead atoms. The summed E-state index contributed by atoms with van der Waals surface area (Å²) in [5.74, 6) is 1.88. The summed E-state index contributed by atoms with van der Waals surface area (Å²) in [4.78, 5) is 10.7. The van der Waals surface area contributed by atoms with E-state index < -0.39 is 0 Å². The highest BCUT2D eigenvalue weighted by atomic mass is 15.1. The number of rotatable bonds is 7. The second kappa shape index (κ2) is 7.06. The Labute approximate surface area is 104 Å². The van der Waals surface area contributed by atoms with Gasteiger partial charge in [0.15, 0.2) is 0 Å². The molecule has 1 rings (SSSR count). The number of likely N-dealkylation sites (N-methyl/N-ethyl adjacent to an activating group) is 1. The van der Waals surface area contributed by atoms with Crippen LogP contribution in [0.15, 0.2) is 6.33 Å². The van der Waals surface area contributed by atoms with Gasteiger partial charge >= 0.3 is 0 Å². The molecule has 0 unspecified atom stereocenters. The Balaban J connectivity index is 2.75. The predicted octanol–water partition coefficient (Wildman–Crippen LogP) is 1.44. The van der Waals surface area contributed by atoms with E-state index in [9.17, 15) is 0 Å². The fourth-order valence-electron chi connectivity index (χ4n) is 1.66. The summed E-state index contributed by atoms with van der Waals surface area (Å²) >= 11 is 0. The normalized spacial score (nSPS) is 10.6.